The normalized spacial score (nSPS) is 10.9. The second-order valence-electron chi connectivity index (χ2n) is 10.6. The third kappa shape index (κ3) is 10.6. The fraction of sp³-hybridized carbons (Fsp3) is 0.179. The van der Waals surface area contributed by atoms with E-state index in [1.54, 1.807) is 0 Å². The summed E-state index contributed by atoms with van der Waals surface area (Å²) < 4.78 is 75.7. The zero-order valence-corrected chi connectivity index (χ0v) is 31.6. The summed E-state index contributed by atoms with van der Waals surface area (Å²) in [5, 5.41) is 4.44. The van der Waals surface area contributed by atoms with Crippen molar-refractivity contribution in [3.05, 3.63) is 145 Å². The number of halogens is 8. The van der Waals surface area contributed by atoms with Gasteiger partial charge in [-0.1, -0.05) is 61.4 Å². The van der Waals surface area contributed by atoms with Crippen molar-refractivity contribution in [2.45, 2.75) is 45.5 Å². The molecule has 48 heavy (non-hydrogen) atoms. The summed E-state index contributed by atoms with van der Waals surface area (Å²) in [5.74, 6) is 0. The van der Waals surface area contributed by atoms with Crippen LogP contribution in [0.5, 0.6) is 0 Å². The summed E-state index contributed by atoms with van der Waals surface area (Å²) in [6.45, 7) is 10.9. The largest absolute Gasteiger partial charge is 1.00 e. The van der Waals surface area contributed by atoms with Crippen molar-refractivity contribution >= 4 is 21.5 Å². The molecular formula is C39H34Cl2F6Hf-6. The molecule has 0 atom stereocenters. The topological polar surface area (TPSA) is 0 Å². The predicted molar refractivity (Wildman–Crippen MR) is 174 cm³/mol. The van der Waals surface area contributed by atoms with Crippen LogP contribution in [0, 0.1) is 13.8 Å². The molecular weight excluding hydrogens is 832 g/mol. The first kappa shape index (κ1) is 43.2. The third-order valence-electron chi connectivity index (χ3n) is 7.48. The molecule has 256 valence electrons. The van der Waals surface area contributed by atoms with Crippen LogP contribution in [0.3, 0.4) is 0 Å². The Bertz CT molecular complexity index is 1690. The molecule has 0 aliphatic rings. The molecule has 0 unspecified atom stereocenters. The Hall–Kier alpha value is -2.87. The molecule has 0 aromatic heterocycles. The number of aryl methyl sites for hydroxylation is 2. The number of hydrogen-bond acceptors (Lipinski definition) is 0. The van der Waals surface area contributed by atoms with E-state index in [0.717, 1.165) is 87.3 Å². The Morgan fingerprint density at radius 1 is 0.542 bits per heavy atom. The molecule has 0 radical (unpaired) electrons. The van der Waals surface area contributed by atoms with Gasteiger partial charge in [0, 0.05) is 25.8 Å². The van der Waals surface area contributed by atoms with Crippen LogP contribution >= 0.6 is 0 Å². The van der Waals surface area contributed by atoms with Gasteiger partial charge in [0.25, 0.3) is 0 Å². The first-order chi connectivity index (χ1) is 21.4. The zero-order valence-electron chi connectivity index (χ0n) is 26.5. The first-order valence-electron chi connectivity index (χ1n) is 14.7. The number of benzene rings is 4. The Morgan fingerprint density at radius 3 is 1.12 bits per heavy atom. The van der Waals surface area contributed by atoms with E-state index in [4.69, 9.17) is 0 Å². The zero-order chi connectivity index (χ0) is 32.8. The first-order valence-corrected chi connectivity index (χ1v) is 14.7. The Labute approximate surface area is 309 Å². The third-order valence-corrected chi connectivity index (χ3v) is 7.48. The molecule has 0 amide bonds. The van der Waals surface area contributed by atoms with Gasteiger partial charge in [-0.3, -0.25) is 0 Å². The van der Waals surface area contributed by atoms with Crippen molar-refractivity contribution in [2.75, 3.05) is 0 Å². The quantitative estimate of drug-likeness (QED) is 0.106. The fourth-order valence-corrected chi connectivity index (χ4v) is 5.18. The molecule has 0 saturated carbocycles. The van der Waals surface area contributed by atoms with Crippen LogP contribution in [0.4, 0.5) is 26.3 Å². The maximum Gasteiger partial charge on any atom is 0.416 e. The van der Waals surface area contributed by atoms with Crippen LogP contribution in [0.1, 0.15) is 42.5 Å². The molecule has 0 saturated heterocycles. The summed E-state index contributed by atoms with van der Waals surface area (Å²) in [7, 11) is 0. The van der Waals surface area contributed by atoms with Gasteiger partial charge in [0.05, 0.1) is 11.1 Å². The minimum Gasteiger partial charge on any atom is -1.00 e. The number of hydrogen-bond donors (Lipinski definition) is 0. The van der Waals surface area contributed by atoms with Crippen molar-refractivity contribution in [3.8, 4) is 22.3 Å². The van der Waals surface area contributed by atoms with E-state index in [1.165, 1.54) is 35.4 Å². The number of fused-ring (bicyclic) bond motifs is 2. The molecule has 0 fully saturated rings. The second-order valence-corrected chi connectivity index (χ2v) is 10.6. The molecule has 0 spiro atoms. The molecule has 6 aromatic rings. The Balaban J connectivity index is 0.000000420. The van der Waals surface area contributed by atoms with Crippen molar-refractivity contribution in [1.82, 2.24) is 0 Å². The molecule has 6 aromatic carbocycles. The standard InChI is InChI=1S/2C18H14F3.C3H6.2ClH.Hf/c2*1-2-12-10-14-4-3-5-16(17(14)11-12)13-6-8-15(9-7-13)18(19,20)21;1-3-2;;;/h2*3-11H,2H2,1H3;1-3H2;2*1H;/q2*-1;-2;;;/p-2. The van der Waals surface area contributed by atoms with Crippen molar-refractivity contribution in [3.63, 3.8) is 0 Å². The van der Waals surface area contributed by atoms with Crippen LogP contribution in [0.25, 0.3) is 43.8 Å². The van der Waals surface area contributed by atoms with Gasteiger partial charge in [0.1, 0.15) is 0 Å². The smallest absolute Gasteiger partial charge is 0.416 e. The SMILES string of the molecule is CCc1cc2c(-c3ccc(C(F)(F)F)cc3)cccc2[cH-]1.CCc1cc2c(-c3ccc(C(F)(F)F)cc3)cccc2[cH-]1.[CH2-]C[CH2-].[Cl-].[Cl-].[Hf]. The van der Waals surface area contributed by atoms with Gasteiger partial charge in [-0.15, -0.1) is 69.1 Å². The van der Waals surface area contributed by atoms with E-state index in [1.807, 2.05) is 36.4 Å². The van der Waals surface area contributed by atoms with Crippen molar-refractivity contribution in [1.29, 1.82) is 0 Å². The second kappa shape index (κ2) is 18.8. The average molecular weight is 866 g/mol. The van der Waals surface area contributed by atoms with Crippen LogP contribution in [0.15, 0.2) is 109 Å². The summed E-state index contributed by atoms with van der Waals surface area (Å²) >= 11 is 0. The summed E-state index contributed by atoms with van der Waals surface area (Å²) in [5.41, 5.74) is 4.81. The van der Waals surface area contributed by atoms with Crippen LogP contribution in [-0.2, 0) is 51.0 Å². The van der Waals surface area contributed by atoms with Crippen molar-refractivity contribution in [2.24, 2.45) is 0 Å². The van der Waals surface area contributed by atoms with E-state index >= 15 is 0 Å². The average Bonchev–Trinajstić information content (AvgIpc) is 3.65. The Morgan fingerprint density at radius 2 is 0.854 bits per heavy atom. The van der Waals surface area contributed by atoms with E-state index in [2.05, 4.69) is 52.0 Å². The molecule has 0 bridgehead atoms. The van der Waals surface area contributed by atoms with Crippen LogP contribution < -0.4 is 24.8 Å². The minimum absolute atomic E-state index is 0. The summed E-state index contributed by atoms with van der Waals surface area (Å²) in [6.07, 6.45) is -5.94. The van der Waals surface area contributed by atoms with E-state index in [9.17, 15) is 26.3 Å². The molecule has 0 aliphatic heterocycles. The molecule has 0 aliphatic carbocycles. The molecule has 6 rings (SSSR count). The van der Waals surface area contributed by atoms with E-state index in [0.29, 0.717) is 0 Å². The Kier molecular flexibility index (Phi) is 16.9. The van der Waals surface area contributed by atoms with Crippen LogP contribution in [-0.4, -0.2) is 0 Å². The summed E-state index contributed by atoms with van der Waals surface area (Å²) in [4.78, 5) is 0. The van der Waals surface area contributed by atoms with Gasteiger partial charge < -0.3 is 45.1 Å². The van der Waals surface area contributed by atoms with Gasteiger partial charge in [-0.25, -0.2) is 0 Å². The monoisotopic (exact) mass is 866 g/mol. The molecule has 9 heteroatoms. The molecule has 0 N–H and O–H groups in total. The van der Waals surface area contributed by atoms with Gasteiger partial charge in [0.2, 0.25) is 0 Å². The molecule has 0 heterocycles. The fourth-order valence-electron chi connectivity index (χ4n) is 5.18. The van der Waals surface area contributed by atoms with Gasteiger partial charge >= 0.3 is 12.4 Å². The summed E-state index contributed by atoms with van der Waals surface area (Å²) in [6, 6.07) is 31.0. The number of alkyl halides is 6. The van der Waals surface area contributed by atoms with Crippen molar-refractivity contribution < 1.29 is 77.0 Å². The van der Waals surface area contributed by atoms with E-state index < -0.39 is 23.5 Å². The van der Waals surface area contributed by atoms with Crippen LogP contribution in [0.2, 0.25) is 0 Å². The van der Waals surface area contributed by atoms with Gasteiger partial charge in [-0.05, 0) is 48.2 Å². The predicted octanol–water partition coefficient (Wildman–Crippen LogP) is 6.66. The van der Waals surface area contributed by atoms with Gasteiger partial charge in [0.15, 0.2) is 0 Å². The van der Waals surface area contributed by atoms with E-state index in [-0.39, 0.29) is 50.7 Å². The van der Waals surface area contributed by atoms with Gasteiger partial charge in [-0.2, -0.15) is 38.5 Å². The maximum atomic E-state index is 12.6. The molecule has 0 nitrogen and oxygen atoms in total. The number of rotatable bonds is 4. The minimum atomic E-state index is -4.29. The maximum absolute atomic E-state index is 12.6.